The van der Waals surface area contributed by atoms with Crippen molar-refractivity contribution in [2.45, 2.75) is 52.5 Å². The summed E-state index contributed by atoms with van der Waals surface area (Å²) in [5.41, 5.74) is 3.55. The Morgan fingerprint density at radius 2 is 2.04 bits per heavy atom. The van der Waals surface area contributed by atoms with E-state index in [-0.39, 0.29) is 0 Å². The maximum atomic E-state index is 4.69. The van der Waals surface area contributed by atoms with E-state index in [1.165, 1.54) is 10.6 Å². The summed E-state index contributed by atoms with van der Waals surface area (Å²) in [6, 6.07) is 0. The molecule has 0 radical (unpaired) electrons. The molecule has 7 heteroatoms. The first-order valence-electron chi connectivity index (χ1n) is 9.20. The average Bonchev–Trinajstić information content (AvgIpc) is 3.18. The molecule has 0 atom stereocenters. The van der Waals surface area contributed by atoms with Crippen LogP contribution in [0.2, 0.25) is 0 Å². The third-order valence-electron chi connectivity index (χ3n) is 4.19. The standard InChI is InChI=1S/C19H32N6S/c1-13(2)17-15(11-25(7)23-17)10-24(6)19(20-5)21-9-8-16-12-26-18(22-16)14(3)4/h11-14H,8-10H2,1-7H3,(H,20,21). The van der Waals surface area contributed by atoms with Crippen LogP contribution in [0.5, 0.6) is 0 Å². The minimum Gasteiger partial charge on any atom is -0.356 e. The second-order valence-electron chi connectivity index (χ2n) is 7.28. The first-order valence-corrected chi connectivity index (χ1v) is 10.1. The van der Waals surface area contributed by atoms with Gasteiger partial charge in [0, 0.05) is 63.7 Å². The first-order chi connectivity index (χ1) is 12.3. The summed E-state index contributed by atoms with van der Waals surface area (Å²) in [4.78, 5) is 11.3. The molecule has 2 aromatic rings. The van der Waals surface area contributed by atoms with Gasteiger partial charge in [-0.1, -0.05) is 27.7 Å². The van der Waals surface area contributed by atoms with Crippen LogP contribution >= 0.6 is 11.3 Å². The molecule has 0 bridgehead atoms. The van der Waals surface area contributed by atoms with E-state index in [9.17, 15) is 0 Å². The molecule has 0 unspecified atom stereocenters. The summed E-state index contributed by atoms with van der Waals surface area (Å²) >= 11 is 1.75. The van der Waals surface area contributed by atoms with Crippen LogP contribution in [0.1, 0.15) is 61.5 Å². The summed E-state index contributed by atoms with van der Waals surface area (Å²) in [6.07, 6.45) is 3.00. The minimum absolute atomic E-state index is 0.411. The molecule has 0 fully saturated rings. The van der Waals surface area contributed by atoms with Crippen LogP contribution in [-0.4, -0.2) is 46.3 Å². The van der Waals surface area contributed by atoms with E-state index in [1.54, 1.807) is 11.3 Å². The zero-order valence-electron chi connectivity index (χ0n) is 17.1. The van der Waals surface area contributed by atoms with Crippen molar-refractivity contribution in [3.05, 3.63) is 33.5 Å². The van der Waals surface area contributed by atoms with E-state index in [0.717, 1.165) is 36.9 Å². The monoisotopic (exact) mass is 376 g/mol. The van der Waals surface area contributed by atoms with Crippen LogP contribution in [0.3, 0.4) is 0 Å². The Kier molecular flexibility index (Phi) is 7.20. The molecule has 0 saturated heterocycles. The molecule has 0 aliphatic rings. The van der Waals surface area contributed by atoms with Crippen molar-refractivity contribution in [3.8, 4) is 0 Å². The minimum atomic E-state index is 0.411. The van der Waals surface area contributed by atoms with Gasteiger partial charge < -0.3 is 10.2 Å². The maximum absolute atomic E-state index is 4.69. The molecule has 0 aromatic carbocycles. The van der Waals surface area contributed by atoms with Gasteiger partial charge in [-0.15, -0.1) is 11.3 Å². The lowest BCUT2D eigenvalue weighted by Crippen LogP contribution is -2.39. The van der Waals surface area contributed by atoms with Crippen molar-refractivity contribution in [1.82, 2.24) is 25.0 Å². The summed E-state index contributed by atoms with van der Waals surface area (Å²) in [6.45, 7) is 10.3. The third kappa shape index (κ3) is 5.30. The number of hydrogen-bond acceptors (Lipinski definition) is 4. The SMILES string of the molecule is CN=C(NCCc1csc(C(C)C)n1)N(C)Cc1cn(C)nc1C(C)C. The summed E-state index contributed by atoms with van der Waals surface area (Å²) in [5.74, 6) is 1.80. The van der Waals surface area contributed by atoms with Crippen molar-refractivity contribution < 1.29 is 0 Å². The second kappa shape index (κ2) is 9.16. The van der Waals surface area contributed by atoms with Crippen LogP contribution in [-0.2, 0) is 20.0 Å². The van der Waals surface area contributed by atoms with Gasteiger partial charge in [0.15, 0.2) is 5.96 Å². The lowest BCUT2D eigenvalue weighted by atomic mass is 10.1. The van der Waals surface area contributed by atoms with Gasteiger partial charge in [0.1, 0.15) is 0 Å². The van der Waals surface area contributed by atoms with Gasteiger partial charge in [0.2, 0.25) is 0 Å². The number of aliphatic imine (C=N–C) groups is 1. The van der Waals surface area contributed by atoms with E-state index in [2.05, 4.69) is 66.6 Å². The fourth-order valence-electron chi connectivity index (χ4n) is 2.88. The lowest BCUT2D eigenvalue weighted by molar-refractivity contribution is 0.473. The van der Waals surface area contributed by atoms with Crippen LogP contribution in [0.4, 0.5) is 0 Å². The highest BCUT2D eigenvalue weighted by Crippen LogP contribution is 2.20. The molecule has 0 aliphatic heterocycles. The Hall–Kier alpha value is -1.89. The maximum Gasteiger partial charge on any atom is 0.193 e. The Labute approximate surface area is 161 Å². The third-order valence-corrected chi connectivity index (χ3v) is 5.39. The summed E-state index contributed by atoms with van der Waals surface area (Å²) < 4.78 is 1.89. The van der Waals surface area contributed by atoms with Gasteiger partial charge >= 0.3 is 0 Å². The Morgan fingerprint density at radius 3 is 2.62 bits per heavy atom. The number of hydrogen-bond donors (Lipinski definition) is 1. The zero-order valence-corrected chi connectivity index (χ0v) is 17.9. The van der Waals surface area contributed by atoms with Gasteiger partial charge in [-0.25, -0.2) is 4.98 Å². The molecule has 144 valence electrons. The molecule has 0 spiro atoms. The molecule has 0 amide bonds. The Morgan fingerprint density at radius 1 is 1.31 bits per heavy atom. The number of thiazole rings is 1. The van der Waals surface area contributed by atoms with Crippen molar-refractivity contribution in [3.63, 3.8) is 0 Å². The average molecular weight is 377 g/mol. The fraction of sp³-hybridized carbons (Fsp3) is 0.632. The molecule has 26 heavy (non-hydrogen) atoms. The van der Waals surface area contributed by atoms with Crippen LogP contribution in [0.25, 0.3) is 0 Å². The second-order valence-corrected chi connectivity index (χ2v) is 8.17. The molecule has 6 nitrogen and oxygen atoms in total. The molecule has 1 N–H and O–H groups in total. The van der Waals surface area contributed by atoms with Crippen LogP contribution in [0, 0.1) is 0 Å². The van der Waals surface area contributed by atoms with Crippen molar-refractivity contribution in [1.29, 1.82) is 0 Å². The van der Waals surface area contributed by atoms with E-state index >= 15 is 0 Å². The normalized spacial score (nSPS) is 12.3. The number of nitrogens with one attached hydrogen (secondary N) is 1. The molecule has 2 aromatic heterocycles. The lowest BCUT2D eigenvalue weighted by Gasteiger charge is -2.22. The van der Waals surface area contributed by atoms with Crippen molar-refractivity contribution in [2.75, 3.05) is 20.6 Å². The number of guanidine groups is 1. The predicted octanol–water partition coefficient (Wildman–Crippen LogP) is 3.37. The van der Waals surface area contributed by atoms with Crippen molar-refractivity contribution in [2.24, 2.45) is 12.0 Å². The van der Waals surface area contributed by atoms with E-state index in [0.29, 0.717) is 11.8 Å². The van der Waals surface area contributed by atoms with E-state index in [4.69, 9.17) is 4.98 Å². The molecule has 0 saturated carbocycles. The highest BCUT2D eigenvalue weighted by Gasteiger charge is 2.15. The molecular weight excluding hydrogens is 344 g/mol. The number of aryl methyl sites for hydroxylation is 1. The van der Waals surface area contributed by atoms with Gasteiger partial charge in [-0.05, 0) is 5.92 Å². The van der Waals surface area contributed by atoms with E-state index in [1.807, 2.05) is 18.8 Å². The predicted molar refractivity (Wildman–Crippen MR) is 110 cm³/mol. The van der Waals surface area contributed by atoms with Gasteiger partial charge in [0.25, 0.3) is 0 Å². The number of nitrogens with zero attached hydrogens (tertiary/aromatic N) is 5. The smallest absolute Gasteiger partial charge is 0.193 e. The fourth-order valence-corrected chi connectivity index (χ4v) is 3.75. The Balaban J connectivity index is 1.91. The highest BCUT2D eigenvalue weighted by atomic mass is 32.1. The first kappa shape index (κ1) is 20.4. The quantitative estimate of drug-likeness (QED) is 0.594. The number of rotatable bonds is 7. The van der Waals surface area contributed by atoms with Gasteiger partial charge in [0.05, 0.1) is 16.4 Å². The largest absolute Gasteiger partial charge is 0.356 e. The highest BCUT2D eigenvalue weighted by molar-refractivity contribution is 7.09. The molecule has 2 rings (SSSR count). The summed E-state index contributed by atoms with van der Waals surface area (Å²) in [5, 5.41) is 11.4. The zero-order chi connectivity index (χ0) is 19.3. The Bertz CT molecular complexity index is 728. The topological polar surface area (TPSA) is 58.3 Å². The molecule has 2 heterocycles. The van der Waals surface area contributed by atoms with Crippen molar-refractivity contribution >= 4 is 17.3 Å². The summed E-state index contributed by atoms with van der Waals surface area (Å²) in [7, 11) is 5.86. The number of aromatic nitrogens is 3. The van der Waals surface area contributed by atoms with Gasteiger partial charge in [-0.3, -0.25) is 9.67 Å². The molecule has 0 aliphatic carbocycles. The van der Waals surface area contributed by atoms with E-state index < -0.39 is 0 Å². The molecular formula is C19H32N6S. The van der Waals surface area contributed by atoms with Crippen LogP contribution in [0.15, 0.2) is 16.6 Å². The van der Waals surface area contributed by atoms with Crippen LogP contribution < -0.4 is 5.32 Å². The van der Waals surface area contributed by atoms with Gasteiger partial charge in [-0.2, -0.15) is 5.10 Å².